The highest BCUT2D eigenvalue weighted by atomic mass is 79.9. The zero-order valence-electron chi connectivity index (χ0n) is 11.6. The van der Waals surface area contributed by atoms with Crippen molar-refractivity contribution >= 4 is 33.7 Å². The Labute approximate surface area is 132 Å². The summed E-state index contributed by atoms with van der Waals surface area (Å²) in [5.74, 6) is -0.201. The van der Waals surface area contributed by atoms with Crippen LogP contribution in [0.15, 0.2) is 39.7 Å². The number of ether oxygens (including phenoxy) is 1. The number of thioether (sulfide) groups is 1. The molecule has 0 fully saturated rings. The minimum atomic E-state index is -0.299. The van der Waals surface area contributed by atoms with E-state index in [2.05, 4.69) is 34.0 Å². The predicted octanol–water partition coefficient (Wildman–Crippen LogP) is 3.62. The number of benzene rings is 1. The van der Waals surface area contributed by atoms with Crippen molar-refractivity contribution in [1.29, 1.82) is 0 Å². The summed E-state index contributed by atoms with van der Waals surface area (Å²) in [7, 11) is 3.54. The fourth-order valence-corrected chi connectivity index (χ4v) is 3.61. The molecular weight excluding hydrogens is 338 g/mol. The smallest absolute Gasteiger partial charge is 0.323 e. The molecule has 1 aromatic carbocycles. The van der Waals surface area contributed by atoms with Crippen molar-refractivity contribution in [3.63, 3.8) is 0 Å². The van der Waals surface area contributed by atoms with Crippen LogP contribution >= 0.6 is 27.7 Å². The number of nitrogens with zero attached hydrogens (tertiary/aromatic N) is 1. The molecule has 1 heterocycles. The maximum Gasteiger partial charge on any atom is 0.323 e. The summed E-state index contributed by atoms with van der Waals surface area (Å²) in [4.78, 5) is 15.6. The molecule has 0 saturated heterocycles. The van der Waals surface area contributed by atoms with Crippen LogP contribution in [0, 0.1) is 0 Å². The lowest BCUT2D eigenvalue weighted by molar-refractivity contribution is -0.140. The monoisotopic (exact) mass is 355 g/mol. The number of rotatable bonds is 4. The van der Waals surface area contributed by atoms with Gasteiger partial charge in [-0.1, -0.05) is 34.1 Å². The van der Waals surface area contributed by atoms with Crippen molar-refractivity contribution in [2.45, 2.75) is 11.7 Å². The number of methoxy groups -OCH3 is 1. The van der Waals surface area contributed by atoms with Crippen LogP contribution in [0.4, 0.5) is 0 Å². The Kier molecular flexibility index (Phi) is 5.69. The van der Waals surface area contributed by atoms with Crippen molar-refractivity contribution in [3.8, 4) is 0 Å². The van der Waals surface area contributed by atoms with E-state index in [0.717, 1.165) is 29.5 Å². The Bertz CT molecular complexity index is 518. The summed E-state index contributed by atoms with van der Waals surface area (Å²) in [6, 6.07) is 7.84. The molecule has 1 unspecified atom stereocenters. The van der Waals surface area contributed by atoms with E-state index in [-0.39, 0.29) is 11.2 Å². The zero-order valence-corrected chi connectivity index (χ0v) is 14.0. The fraction of sp³-hybridized carbons (Fsp3) is 0.400. The van der Waals surface area contributed by atoms with Gasteiger partial charge in [0.1, 0.15) is 5.25 Å². The van der Waals surface area contributed by atoms with Gasteiger partial charge in [0.25, 0.3) is 0 Å². The lowest BCUT2D eigenvalue weighted by Gasteiger charge is -2.24. The van der Waals surface area contributed by atoms with Gasteiger partial charge in [0.05, 0.1) is 7.11 Å². The van der Waals surface area contributed by atoms with Crippen LogP contribution in [0.3, 0.4) is 0 Å². The van der Waals surface area contributed by atoms with Gasteiger partial charge in [-0.15, -0.1) is 11.8 Å². The maximum absolute atomic E-state index is 12.1. The van der Waals surface area contributed by atoms with E-state index < -0.39 is 0 Å². The quantitative estimate of drug-likeness (QED) is 0.771. The van der Waals surface area contributed by atoms with Gasteiger partial charge in [-0.05, 0) is 36.1 Å². The van der Waals surface area contributed by atoms with Gasteiger partial charge in [-0.25, -0.2) is 0 Å². The third-order valence-electron chi connectivity index (χ3n) is 3.21. The average molecular weight is 356 g/mol. The first-order valence-electron chi connectivity index (χ1n) is 6.47. The standard InChI is InChI=1S/C15H18BrNO2S/c1-17-8-6-13(7-9-17)20-14(15(18)19-2)11-4-3-5-12(16)10-11/h3-6,10,14H,7-9H2,1-2H3. The predicted molar refractivity (Wildman–Crippen MR) is 86.7 cm³/mol. The molecule has 0 spiro atoms. The number of esters is 1. The molecule has 3 nitrogen and oxygen atoms in total. The van der Waals surface area contributed by atoms with Crippen molar-refractivity contribution in [2.24, 2.45) is 0 Å². The van der Waals surface area contributed by atoms with E-state index >= 15 is 0 Å². The molecular formula is C15H18BrNO2S. The summed E-state index contributed by atoms with van der Waals surface area (Å²) in [5, 5.41) is -0.299. The molecule has 0 saturated carbocycles. The second-order valence-electron chi connectivity index (χ2n) is 4.76. The fourth-order valence-electron chi connectivity index (χ4n) is 2.04. The van der Waals surface area contributed by atoms with Crippen LogP contribution in [0.25, 0.3) is 0 Å². The molecule has 0 aromatic heterocycles. The van der Waals surface area contributed by atoms with Gasteiger partial charge in [-0.2, -0.15) is 0 Å². The van der Waals surface area contributed by atoms with Crippen molar-refractivity contribution < 1.29 is 9.53 Å². The molecule has 5 heteroatoms. The topological polar surface area (TPSA) is 29.5 Å². The molecule has 2 rings (SSSR count). The van der Waals surface area contributed by atoms with Gasteiger partial charge in [-0.3, -0.25) is 4.79 Å². The molecule has 1 aliphatic rings. The van der Waals surface area contributed by atoms with Gasteiger partial charge >= 0.3 is 5.97 Å². The van der Waals surface area contributed by atoms with E-state index in [0.29, 0.717) is 0 Å². The Morgan fingerprint density at radius 2 is 2.30 bits per heavy atom. The minimum absolute atomic E-state index is 0.201. The molecule has 0 amide bonds. The summed E-state index contributed by atoms with van der Waals surface area (Å²) in [6.45, 7) is 1.97. The molecule has 0 radical (unpaired) electrons. The highest BCUT2D eigenvalue weighted by Crippen LogP contribution is 2.38. The number of carbonyl (C=O) groups excluding carboxylic acids is 1. The van der Waals surface area contributed by atoms with Crippen molar-refractivity contribution in [2.75, 3.05) is 27.2 Å². The van der Waals surface area contributed by atoms with Gasteiger partial charge in [0, 0.05) is 17.6 Å². The van der Waals surface area contributed by atoms with Crippen LogP contribution < -0.4 is 0 Å². The highest BCUT2D eigenvalue weighted by molar-refractivity contribution is 9.10. The third-order valence-corrected chi connectivity index (χ3v) is 5.07. The van der Waals surface area contributed by atoms with Gasteiger partial charge in [0.2, 0.25) is 0 Å². The molecule has 1 atom stereocenters. The number of hydrogen-bond donors (Lipinski definition) is 0. The van der Waals surface area contributed by atoms with Crippen LogP contribution in [0.1, 0.15) is 17.2 Å². The second kappa shape index (κ2) is 7.29. The zero-order chi connectivity index (χ0) is 14.5. The van der Waals surface area contributed by atoms with Crippen LogP contribution in [0.2, 0.25) is 0 Å². The van der Waals surface area contributed by atoms with Crippen molar-refractivity contribution in [1.82, 2.24) is 4.90 Å². The molecule has 20 heavy (non-hydrogen) atoms. The summed E-state index contributed by atoms with van der Waals surface area (Å²) in [6.07, 6.45) is 3.19. The largest absolute Gasteiger partial charge is 0.468 e. The van der Waals surface area contributed by atoms with E-state index in [1.165, 1.54) is 12.0 Å². The molecule has 1 aliphatic heterocycles. The number of halogens is 1. The second-order valence-corrected chi connectivity index (χ2v) is 6.91. The third kappa shape index (κ3) is 4.11. The summed E-state index contributed by atoms with van der Waals surface area (Å²) in [5.41, 5.74) is 0.969. The SMILES string of the molecule is COC(=O)C(SC1=CCN(C)CC1)c1cccc(Br)c1. The number of carbonyl (C=O) groups is 1. The minimum Gasteiger partial charge on any atom is -0.468 e. The molecule has 1 aromatic rings. The maximum atomic E-state index is 12.1. The number of hydrogen-bond acceptors (Lipinski definition) is 4. The van der Waals surface area contributed by atoms with Crippen molar-refractivity contribution in [3.05, 3.63) is 45.3 Å². The van der Waals surface area contributed by atoms with E-state index in [1.807, 2.05) is 24.3 Å². The van der Waals surface area contributed by atoms with E-state index in [1.54, 1.807) is 11.8 Å². The summed E-state index contributed by atoms with van der Waals surface area (Å²) >= 11 is 5.05. The molecule has 0 N–H and O–H groups in total. The Morgan fingerprint density at radius 1 is 1.50 bits per heavy atom. The van der Waals surface area contributed by atoms with E-state index in [9.17, 15) is 4.79 Å². The van der Waals surface area contributed by atoms with Crippen LogP contribution in [0.5, 0.6) is 0 Å². The normalized spacial score (nSPS) is 17.4. The van der Waals surface area contributed by atoms with Crippen LogP contribution in [-0.4, -0.2) is 38.1 Å². The van der Waals surface area contributed by atoms with Gasteiger partial charge < -0.3 is 9.64 Å². The first kappa shape index (κ1) is 15.6. The van der Waals surface area contributed by atoms with Gasteiger partial charge in [0.15, 0.2) is 0 Å². The Balaban J connectivity index is 2.18. The summed E-state index contributed by atoms with van der Waals surface area (Å²) < 4.78 is 5.93. The first-order valence-corrected chi connectivity index (χ1v) is 8.15. The van der Waals surface area contributed by atoms with E-state index in [4.69, 9.17) is 4.74 Å². The molecule has 0 bridgehead atoms. The Hall–Kier alpha value is -0.780. The first-order chi connectivity index (χ1) is 9.60. The highest BCUT2D eigenvalue weighted by Gasteiger charge is 2.24. The molecule has 108 valence electrons. The number of likely N-dealkylation sites (N-methyl/N-ethyl adjacent to an activating group) is 1. The average Bonchev–Trinajstić information content (AvgIpc) is 2.46. The van der Waals surface area contributed by atoms with Crippen LogP contribution in [-0.2, 0) is 9.53 Å². The lowest BCUT2D eigenvalue weighted by Crippen LogP contribution is -2.24. The lowest BCUT2D eigenvalue weighted by atomic mass is 10.1. The Morgan fingerprint density at radius 3 is 2.90 bits per heavy atom. The molecule has 0 aliphatic carbocycles.